The van der Waals surface area contributed by atoms with Crippen LogP contribution >= 0.6 is 11.6 Å². The summed E-state index contributed by atoms with van der Waals surface area (Å²) < 4.78 is 14.7. The Kier molecular flexibility index (Phi) is 8.03. The van der Waals surface area contributed by atoms with Gasteiger partial charge in [0.1, 0.15) is 5.82 Å². The van der Waals surface area contributed by atoms with E-state index in [4.69, 9.17) is 11.6 Å². The highest BCUT2D eigenvalue weighted by Crippen LogP contribution is 2.38. The third kappa shape index (κ3) is 6.01. The lowest BCUT2D eigenvalue weighted by Gasteiger charge is -2.29. The molecule has 4 rings (SSSR count). The Morgan fingerprint density at radius 3 is 2.16 bits per heavy atom. The largest absolute Gasteiger partial charge is 0.206 e. The molecule has 1 saturated carbocycles. The van der Waals surface area contributed by atoms with Crippen molar-refractivity contribution in [2.45, 2.75) is 70.6 Å². The molecule has 0 atom stereocenters. The van der Waals surface area contributed by atoms with Crippen molar-refractivity contribution in [3.8, 4) is 11.1 Å². The summed E-state index contributed by atoms with van der Waals surface area (Å²) in [4.78, 5) is 0. The van der Waals surface area contributed by atoms with E-state index in [1.54, 1.807) is 18.2 Å². The number of hydrogen-bond donors (Lipinski definition) is 0. The number of halogens is 2. The van der Waals surface area contributed by atoms with E-state index in [0.717, 1.165) is 29.9 Å². The second-order valence-electron chi connectivity index (χ2n) is 9.42. The summed E-state index contributed by atoms with van der Waals surface area (Å²) in [6.45, 7) is 2.25. The van der Waals surface area contributed by atoms with E-state index in [-0.39, 0.29) is 5.82 Å². The van der Waals surface area contributed by atoms with Gasteiger partial charge >= 0.3 is 0 Å². The predicted molar refractivity (Wildman–Crippen MR) is 135 cm³/mol. The molecule has 0 heterocycles. The monoisotopic (exact) mass is 448 g/mol. The molecule has 0 saturated heterocycles. The zero-order valence-electron chi connectivity index (χ0n) is 19.1. The van der Waals surface area contributed by atoms with Crippen LogP contribution in [0.2, 0.25) is 5.02 Å². The maximum Gasteiger partial charge on any atom is 0.131 e. The minimum Gasteiger partial charge on any atom is -0.206 e. The number of rotatable bonds is 8. The third-order valence-corrected chi connectivity index (χ3v) is 7.40. The van der Waals surface area contributed by atoms with E-state index in [2.05, 4.69) is 37.3 Å². The topological polar surface area (TPSA) is 0 Å². The lowest BCUT2D eigenvalue weighted by atomic mass is 9.76. The van der Waals surface area contributed by atoms with Gasteiger partial charge in [0.05, 0.1) is 0 Å². The second-order valence-corrected chi connectivity index (χ2v) is 9.86. The van der Waals surface area contributed by atoms with Crippen molar-refractivity contribution in [2.75, 3.05) is 0 Å². The standard InChI is InChI=1S/C30H34ClF/c1-2-3-4-22-7-12-25(13-8-22)26-14-9-23(10-15-26)5-6-24-11-20-29(30(32)21-24)27-16-18-28(31)19-17-27/h7-8,11-13,16-21,23,26H,2-6,9-10,14-15H2,1H3. The van der Waals surface area contributed by atoms with E-state index in [0.29, 0.717) is 16.5 Å². The number of benzene rings is 3. The van der Waals surface area contributed by atoms with Gasteiger partial charge in [-0.25, -0.2) is 4.39 Å². The summed E-state index contributed by atoms with van der Waals surface area (Å²) in [6, 6.07) is 22.5. The van der Waals surface area contributed by atoms with Crippen LogP contribution < -0.4 is 0 Å². The molecular weight excluding hydrogens is 415 g/mol. The Morgan fingerprint density at radius 2 is 1.50 bits per heavy atom. The molecule has 3 aromatic carbocycles. The zero-order valence-corrected chi connectivity index (χ0v) is 19.9. The van der Waals surface area contributed by atoms with E-state index in [1.165, 1.54) is 56.1 Å². The molecule has 0 aromatic heterocycles. The number of unbranched alkanes of at least 4 members (excludes halogenated alkanes) is 1. The highest BCUT2D eigenvalue weighted by Gasteiger charge is 2.22. The van der Waals surface area contributed by atoms with E-state index in [1.807, 2.05) is 18.2 Å². The van der Waals surface area contributed by atoms with Crippen LogP contribution in [0, 0.1) is 11.7 Å². The fraction of sp³-hybridized carbons (Fsp3) is 0.400. The van der Waals surface area contributed by atoms with Crippen molar-refractivity contribution in [3.63, 3.8) is 0 Å². The van der Waals surface area contributed by atoms with Gasteiger partial charge in [-0.2, -0.15) is 0 Å². The molecule has 0 amide bonds. The molecule has 3 aromatic rings. The Bertz CT molecular complexity index is 982. The predicted octanol–water partition coefficient (Wildman–Crippen LogP) is 9.40. The normalized spacial score (nSPS) is 18.6. The van der Waals surface area contributed by atoms with Gasteiger partial charge in [-0.15, -0.1) is 0 Å². The molecule has 0 N–H and O–H groups in total. The van der Waals surface area contributed by atoms with Gasteiger partial charge in [-0.3, -0.25) is 0 Å². The van der Waals surface area contributed by atoms with Crippen LogP contribution in [0.15, 0.2) is 66.7 Å². The molecule has 1 aliphatic rings. The molecule has 0 radical (unpaired) electrons. The third-order valence-electron chi connectivity index (χ3n) is 7.15. The Labute approximate surface area is 197 Å². The van der Waals surface area contributed by atoms with Gasteiger partial charge in [0.25, 0.3) is 0 Å². The SMILES string of the molecule is CCCCc1ccc(C2CCC(CCc3ccc(-c4ccc(Cl)cc4)c(F)c3)CC2)cc1. The summed E-state index contributed by atoms with van der Waals surface area (Å²) in [7, 11) is 0. The molecule has 0 unspecified atom stereocenters. The fourth-order valence-electron chi connectivity index (χ4n) is 5.07. The lowest BCUT2D eigenvalue weighted by molar-refractivity contribution is 0.310. The van der Waals surface area contributed by atoms with Gasteiger partial charge in [0.15, 0.2) is 0 Å². The molecule has 168 valence electrons. The molecule has 1 fully saturated rings. The maximum absolute atomic E-state index is 14.7. The quantitative estimate of drug-likeness (QED) is 0.322. The second kappa shape index (κ2) is 11.1. The molecule has 0 spiro atoms. The first-order chi connectivity index (χ1) is 15.6. The van der Waals surface area contributed by atoms with Crippen molar-refractivity contribution in [3.05, 3.63) is 94.3 Å². The first-order valence-electron chi connectivity index (χ1n) is 12.3. The van der Waals surface area contributed by atoms with Gasteiger partial charge in [-0.1, -0.05) is 73.5 Å². The molecular formula is C30H34ClF. The highest BCUT2D eigenvalue weighted by molar-refractivity contribution is 6.30. The average Bonchev–Trinajstić information content (AvgIpc) is 2.83. The maximum atomic E-state index is 14.7. The summed E-state index contributed by atoms with van der Waals surface area (Å²) >= 11 is 5.95. The highest BCUT2D eigenvalue weighted by atomic mass is 35.5. The van der Waals surface area contributed by atoms with Crippen molar-refractivity contribution in [1.29, 1.82) is 0 Å². The van der Waals surface area contributed by atoms with Crippen molar-refractivity contribution >= 4 is 11.6 Å². The van der Waals surface area contributed by atoms with E-state index < -0.39 is 0 Å². The van der Waals surface area contributed by atoms with Crippen LogP contribution in [-0.4, -0.2) is 0 Å². The first kappa shape index (κ1) is 23.1. The molecule has 0 nitrogen and oxygen atoms in total. The molecule has 32 heavy (non-hydrogen) atoms. The van der Waals surface area contributed by atoms with E-state index >= 15 is 0 Å². The fourth-order valence-corrected chi connectivity index (χ4v) is 5.20. The van der Waals surface area contributed by atoms with Crippen molar-refractivity contribution in [2.24, 2.45) is 5.92 Å². The number of hydrogen-bond acceptors (Lipinski definition) is 0. The van der Waals surface area contributed by atoms with Crippen LogP contribution in [0.5, 0.6) is 0 Å². The van der Waals surface area contributed by atoms with Crippen LogP contribution in [0.1, 0.15) is 74.5 Å². The molecule has 1 aliphatic carbocycles. The van der Waals surface area contributed by atoms with Gasteiger partial charge in [0, 0.05) is 10.6 Å². The summed E-state index contributed by atoms with van der Waals surface area (Å²) in [5, 5.41) is 0.671. The van der Waals surface area contributed by atoms with E-state index in [9.17, 15) is 4.39 Å². The van der Waals surface area contributed by atoms with Gasteiger partial charge < -0.3 is 0 Å². The summed E-state index contributed by atoms with van der Waals surface area (Å²) in [6.07, 6.45) is 11.0. The van der Waals surface area contributed by atoms with Crippen molar-refractivity contribution < 1.29 is 4.39 Å². The summed E-state index contributed by atoms with van der Waals surface area (Å²) in [5.41, 5.74) is 5.61. The van der Waals surface area contributed by atoms with Crippen LogP contribution in [0.25, 0.3) is 11.1 Å². The Morgan fingerprint density at radius 1 is 0.812 bits per heavy atom. The zero-order chi connectivity index (χ0) is 22.3. The number of aryl methyl sites for hydroxylation is 2. The lowest BCUT2D eigenvalue weighted by Crippen LogP contribution is -2.14. The minimum absolute atomic E-state index is 0.143. The Hall–Kier alpha value is -2.12. The molecule has 2 heteroatoms. The Balaban J connectivity index is 1.27. The first-order valence-corrected chi connectivity index (χ1v) is 12.6. The summed E-state index contributed by atoms with van der Waals surface area (Å²) in [5.74, 6) is 1.33. The molecule has 0 aliphatic heterocycles. The average molecular weight is 449 g/mol. The van der Waals surface area contributed by atoms with Crippen LogP contribution in [-0.2, 0) is 12.8 Å². The van der Waals surface area contributed by atoms with Crippen molar-refractivity contribution in [1.82, 2.24) is 0 Å². The van der Waals surface area contributed by atoms with Gasteiger partial charge in [-0.05, 0) is 104 Å². The van der Waals surface area contributed by atoms with Crippen LogP contribution in [0.4, 0.5) is 4.39 Å². The van der Waals surface area contributed by atoms with Crippen LogP contribution in [0.3, 0.4) is 0 Å². The molecule has 0 bridgehead atoms. The van der Waals surface area contributed by atoms with Gasteiger partial charge in [0.2, 0.25) is 0 Å². The smallest absolute Gasteiger partial charge is 0.131 e. The minimum atomic E-state index is -0.143.